The average molecular weight is 338 g/mol. The van der Waals surface area contributed by atoms with E-state index in [2.05, 4.69) is 20.9 Å². The number of nitrogens with zero attached hydrogens (tertiary/aromatic N) is 2. The first-order chi connectivity index (χ1) is 8.32. The van der Waals surface area contributed by atoms with Crippen LogP contribution in [0.1, 0.15) is 0 Å². The Kier molecular flexibility index (Phi) is 3.60. The maximum atomic E-state index is 12.3. The van der Waals surface area contributed by atoms with Crippen molar-refractivity contribution in [1.29, 1.82) is 0 Å². The number of halogens is 1. The van der Waals surface area contributed by atoms with Gasteiger partial charge in [-0.15, -0.1) is 0 Å². The van der Waals surface area contributed by atoms with Gasteiger partial charge in [-0.2, -0.15) is 4.31 Å². The molecule has 100 valence electrons. The van der Waals surface area contributed by atoms with Crippen molar-refractivity contribution in [3.05, 3.63) is 16.7 Å². The van der Waals surface area contributed by atoms with Crippen LogP contribution in [0.4, 0.5) is 5.82 Å². The normalized spacial score (nSPS) is 25.5. The van der Waals surface area contributed by atoms with Crippen molar-refractivity contribution >= 4 is 31.8 Å². The second-order valence-electron chi connectivity index (χ2n) is 3.99. The molecule has 0 aromatic carbocycles. The number of nitrogen functional groups attached to an aromatic ring is 1. The zero-order chi connectivity index (χ0) is 13.5. The van der Waals surface area contributed by atoms with E-state index in [0.29, 0.717) is 4.47 Å². The summed E-state index contributed by atoms with van der Waals surface area (Å²) in [6.07, 6.45) is -0.774. The van der Waals surface area contributed by atoms with Crippen molar-refractivity contribution in [1.82, 2.24) is 9.29 Å². The fourth-order valence-corrected chi connectivity index (χ4v) is 3.76. The maximum Gasteiger partial charge on any atom is 0.246 e. The number of aromatic nitrogens is 1. The molecule has 1 saturated heterocycles. The van der Waals surface area contributed by atoms with Crippen LogP contribution in [0.3, 0.4) is 0 Å². The molecule has 2 atom stereocenters. The average Bonchev–Trinajstić information content (AvgIpc) is 2.63. The third-order valence-electron chi connectivity index (χ3n) is 2.69. The lowest BCUT2D eigenvalue weighted by molar-refractivity contribution is 0.0572. The van der Waals surface area contributed by atoms with Crippen LogP contribution in [0.2, 0.25) is 0 Å². The highest BCUT2D eigenvalue weighted by Crippen LogP contribution is 2.26. The van der Waals surface area contributed by atoms with Gasteiger partial charge in [0.05, 0.1) is 12.2 Å². The molecule has 0 spiro atoms. The van der Waals surface area contributed by atoms with Gasteiger partial charge in [0.1, 0.15) is 10.7 Å². The summed E-state index contributed by atoms with van der Waals surface area (Å²) >= 11 is 3.12. The van der Waals surface area contributed by atoms with Crippen molar-refractivity contribution in [3.8, 4) is 0 Å². The highest BCUT2D eigenvalue weighted by Gasteiger charge is 2.38. The molecule has 1 fully saturated rings. The highest BCUT2D eigenvalue weighted by atomic mass is 79.9. The van der Waals surface area contributed by atoms with Crippen LogP contribution in [-0.4, -0.2) is 53.2 Å². The number of pyridine rings is 1. The minimum absolute atomic E-state index is 0.117. The largest absolute Gasteiger partial charge is 0.389 e. The number of aliphatic hydroxyl groups excluding tert-OH is 2. The number of hydrogen-bond donors (Lipinski definition) is 3. The summed E-state index contributed by atoms with van der Waals surface area (Å²) in [5.41, 5.74) is 5.55. The first-order valence-corrected chi connectivity index (χ1v) is 7.33. The molecule has 2 rings (SSSR count). The van der Waals surface area contributed by atoms with Crippen molar-refractivity contribution in [2.24, 2.45) is 0 Å². The van der Waals surface area contributed by atoms with Crippen LogP contribution in [-0.2, 0) is 10.0 Å². The quantitative estimate of drug-likeness (QED) is 0.647. The smallest absolute Gasteiger partial charge is 0.246 e. The summed E-state index contributed by atoms with van der Waals surface area (Å²) in [4.78, 5) is 3.61. The predicted octanol–water partition coefficient (Wildman–Crippen LogP) is -0.848. The van der Waals surface area contributed by atoms with E-state index >= 15 is 0 Å². The molecule has 2 heterocycles. The molecule has 1 aromatic heterocycles. The minimum atomic E-state index is -3.86. The fourth-order valence-electron chi connectivity index (χ4n) is 1.71. The van der Waals surface area contributed by atoms with E-state index in [4.69, 9.17) is 5.73 Å². The molecule has 9 heteroatoms. The fraction of sp³-hybridized carbons (Fsp3) is 0.444. The van der Waals surface area contributed by atoms with Crippen LogP contribution in [0.15, 0.2) is 21.6 Å². The van der Waals surface area contributed by atoms with Gasteiger partial charge in [-0.05, 0) is 22.0 Å². The molecule has 7 nitrogen and oxygen atoms in total. The zero-order valence-corrected chi connectivity index (χ0v) is 11.6. The van der Waals surface area contributed by atoms with Crippen LogP contribution < -0.4 is 5.73 Å². The second-order valence-corrected chi connectivity index (χ2v) is 6.82. The van der Waals surface area contributed by atoms with Crippen LogP contribution in [0.25, 0.3) is 0 Å². The van der Waals surface area contributed by atoms with Gasteiger partial charge in [-0.3, -0.25) is 0 Å². The summed E-state index contributed by atoms with van der Waals surface area (Å²) in [5.74, 6) is -0.117. The Bertz CT molecular complexity index is 555. The summed E-state index contributed by atoms with van der Waals surface area (Å²) in [7, 11) is -3.86. The van der Waals surface area contributed by atoms with Gasteiger partial charge in [0, 0.05) is 23.8 Å². The van der Waals surface area contributed by atoms with Gasteiger partial charge >= 0.3 is 0 Å². The van der Waals surface area contributed by atoms with E-state index in [-0.39, 0.29) is 23.8 Å². The van der Waals surface area contributed by atoms with E-state index < -0.39 is 22.2 Å². The molecule has 0 bridgehead atoms. The molecule has 0 saturated carbocycles. The van der Waals surface area contributed by atoms with Crippen LogP contribution in [0.5, 0.6) is 0 Å². The molecule has 4 N–H and O–H groups in total. The van der Waals surface area contributed by atoms with Gasteiger partial charge < -0.3 is 15.9 Å². The standard InChI is InChI=1S/C9H12BrN3O4S/c10-5-1-8(9(11)12-2-5)18(16,17)13-3-6(14)7(15)4-13/h1-2,6-7,14-15H,3-4H2,(H2,11,12). The van der Waals surface area contributed by atoms with Crippen molar-refractivity contribution < 1.29 is 18.6 Å². The molecule has 0 aliphatic carbocycles. The zero-order valence-electron chi connectivity index (χ0n) is 9.19. The third-order valence-corrected chi connectivity index (χ3v) is 4.99. The van der Waals surface area contributed by atoms with E-state index in [1.165, 1.54) is 12.3 Å². The van der Waals surface area contributed by atoms with Gasteiger partial charge in [0.15, 0.2) is 0 Å². The predicted molar refractivity (Wildman–Crippen MR) is 67.1 cm³/mol. The molecule has 1 aromatic rings. The Morgan fingerprint density at radius 1 is 1.39 bits per heavy atom. The molecule has 1 aliphatic heterocycles. The summed E-state index contributed by atoms with van der Waals surface area (Å²) in [6, 6.07) is 1.34. The molecule has 1 aliphatic rings. The monoisotopic (exact) mass is 337 g/mol. The molecule has 18 heavy (non-hydrogen) atoms. The first-order valence-electron chi connectivity index (χ1n) is 5.09. The number of aliphatic hydroxyl groups is 2. The van der Waals surface area contributed by atoms with Gasteiger partial charge in [-0.1, -0.05) is 0 Å². The molecule has 2 unspecified atom stereocenters. The Morgan fingerprint density at radius 3 is 2.50 bits per heavy atom. The molecule has 0 amide bonds. The lowest BCUT2D eigenvalue weighted by Gasteiger charge is -2.16. The number of hydrogen-bond acceptors (Lipinski definition) is 6. The van der Waals surface area contributed by atoms with Crippen LogP contribution in [0, 0.1) is 0 Å². The summed E-state index contributed by atoms with van der Waals surface area (Å²) < 4.78 is 26.0. The van der Waals surface area contributed by atoms with Gasteiger partial charge in [0.25, 0.3) is 0 Å². The second kappa shape index (κ2) is 4.74. The minimum Gasteiger partial charge on any atom is -0.389 e. The SMILES string of the molecule is Nc1ncc(Br)cc1S(=O)(=O)N1CC(O)C(O)C1. The first kappa shape index (κ1) is 13.7. The topological polar surface area (TPSA) is 117 Å². The van der Waals surface area contributed by atoms with Gasteiger partial charge in [-0.25, -0.2) is 13.4 Å². The van der Waals surface area contributed by atoms with E-state index in [1.54, 1.807) is 0 Å². The lowest BCUT2D eigenvalue weighted by atomic mass is 10.3. The summed E-state index contributed by atoms with van der Waals surface area (Å²) in [6.45, 7) is -0.315. The number of rotatable bonds is 2. The summed E-state index contributed by atoms with van der Waals surface area (Å²) in [5, 5.41) is 18.8. The van der Waals surface area contributed by atoms with E-state index in [1.807, 2.05) is 0 Å². The highest BCUT2D eigenvalue weighted by molar-refractivity contribution is 9.10. The van der Waals surface area contributed by atoms with E-state index in [9.17, 15) is 18.6 Å². The lowest BCUT2D eigenvalue weighted by Crippen LogP contribution is -2.30. The van der Waals surface area contributed by atoms with Gasteiger partial charge in [0.2, 0.25) is 10.0 Å². The number of nitrogens with two attached hydrogens (primary N) is 1. The number of anilines is 1. The molecule has 0 radical (unpaired) electrons. The number of sulfonamides is 1. The van der Waals surface area contributed by atoms with Crippen molar-refractivity contribution in [3.63, 3.8) is 0 Å². The Morgan fingerprint density at radius 2 is 1.94 bits per heavy atom. The molecular weight excluding hydrogens is 326 g/mol. The van der Waals surface area contributed by atoms with E-state index in [0.717, 1.165) is 4.31 Å². The number of β-amino-alcohol motifs (C(OH)–C–C–N with tert-alkyl or cyclic N) is 2. The maximum absolute atomic E-state index is 12.3. The Hall–Kier alpha value is -0.740. The van der Waals surface area contributed by atoms with Crippen molar-refractivity contribution in [2.75, 3.05) is 18.8 Å². The third kappa shape index (κ3) is 2.36. The Labute approximate surface area is 112 Å². The van der Waals surface area contributed by atoms with Crippen LogP contribution >= 0.6 is 15.9 Å². The Balaban J connectivity index is 2.40. The van der Waals surface area contributed by atoms with Crippen molar-refractivity contribution in [2.45, 2.75) is 17.1 Å². The molecular formula is C9H12BrN3O4S.